The molecule has 19 heavy (non-hydrogen) atoms. The molecule has 0 spiro atoms. The number of carbonyl (C=O) groups excluding carboxylic acids is 1. The minimum absolute atomic E-state index is 0.118. The van der Waals surface area contributed by atoms with Gasteiger partial charge in [0.05, 0.1) is 12.1 Å². The standard InChI is InChI=1S/C13H13FN4O/c1-9-3-2-4-10(12(9)14)13(19)17-5-6-18-8-15-16-11(18)7-17/h2-4,8H,5-7H2,1H3. The number of aromatic nitrogens is 3. The van der Waals surface area contributed by atoms with Crippen LogP contribution in [0.5, 0.6) is 0 Å². The van der Waals surface area contributed by atoms with Gasteiger partial charge in [-0.3, -0.25) is 4.79 Å². The summed E-state index contributed by atoms with van der Waals surface area (Å²) in [6, 6.07) is 4.86. The third-order valence-electron chi connectivity index (χ3n) is 3.35. The van der Waals surface area contributed by atoms with Crippen LogP contribution in [-0.2, 0) is 13.1 Å². The van der Waals surface area contributed by atoms with Crippen molar-refractivity contribution in [2.24, 2.45) is 0 Å². The van der Waals surface area contributed by atoms with Gasteiger partial charge in [0, 0.05) is 13.1 Å². The molecule has 0 bridgehead atoms. The van der Waals surface area contributed by atoms with Crippen molar-refractivity contribution in [1.29, 1.82) is 0 Å². The van der Waals surface area contributed by atoms with Crippen LogP contribution >= 0.6 is 0 Å². The molecular weight excluding hydrogens is 247 g/mol. The smallest absolute Gasteiger partial charge is 0.257 e. The van der Waals surface area contributed by atoms with Crippen LogP contribution < -0.4 is 0 Å². The van der Waals surface area contributed by atoms with Gasteiger partial charge in [-0.25, -0.2) is 4.39 Å². The first-order valence-electron chi connectivity index (χ1n) is 6.08. The molecule has 0 atom stereocenters. The molecular formula is C13H13FN4O. The summed E-state index contributed by atoms with van der Waals surface area (Å²) in [5.74, 6) is -0.0114. The molecule has 1 aromatic heterocycles. The maximum atomic E-state index is 14.0. The van der Waals surface area contributed by atoms with Crippen molar-refractivity contribution in [1.82, 2.24) is 19.7 Å². The van der Waals surface area contributed by atoms with Crippen molar-refractivity contribution in [3.05, 3.63) is 47.3 Å². The van der Waals surface area contributed by atoms with Gasteiger partial charge >= 0.3 is 0 Å². The Morgan fingerprint density at radius 2 is 2.21 bits per heavy atom. The number of hydrogen-bond acceptors (Lipinski definition) is 3. The molecule has 5 nitrogen and oxygen atoms in total. The summed E-state index contributed by atoms with van der Waals surface area (Å²) in [5, 5.41) is 7.75. The van der Waals surface area contributed by atoms with Crippen LogP contribution in [0.15, 0.2) is 24.5 Å². The lowest BCUT2D eigenvalue weighted by Gasteiger charge is -2.27. The van der Waals surface area contributed by atoms with Crippen molar-refractivity contribution in [3.63, 3.8) is 0 Å². The van der Waals surface area contributed by atoms with E-state index in [4.69, 9.17) is 0 Å². The van der Waals surface area contributed by atoms with Crippen molar-refractivity contribution in [2.75, 3.05) is 6.54 Å². The highest BCUT2D eigenvalue weighted by molar-refractivity contribution is 5.94. The molecule has 0 aliphatic carbocycles. The van der Waals surface area contributed by atoms with Crippen LogP contribution in [0.3, 0.4) is 0 Å². The lowest BCUT2D eigenvalue weighted by atomic mass is 10.1. The van der Waals surface area contributed by atoms with Gasteiger partial charge < -0.3 is 9.47 Å². The summed E-state index contributed by atoms with van der Waals surface area (Å²) in [4.78, 5) is 13.9. The summed E-state index contributed by atoms with van der Waals surface area (Å²) < 4.78 is 15.9. The first kappa shape index (κ1) is 11.8. The second kappa shape index (κ2) is 4.46. The van der Waals surface area contributed by atoms with Crippen molar-refractivity contribution in [3.8, 4) is 0 Å². The van der Waals surface area contributed by atoms with Gasteiger partial charge in [0.2, 0.25) is 0 Å². The van der Waals surface area contributed by atoms with Crippen molar-refractivity contribution < 1.29 is 9.18 Å². The molecule has 0 unspecified atom stereocenters. The van der Waals surface area contributed by atoms with Crippen LogP contribution in [-0.4, -0.2) is 32.1 Å². The Bertz CT molecular complexity index is 637. The Balaban J connectivity index is 1.88. The topological polar surface area (TPSA) is 51.0 Å². The minimum atomic E-state index is -0.445. The Morgan fingerprint density at radius 1 is 1.37 bits per heavy atom. The van der Waals surface area contributed by atoms with E-state index < -0.39 is 5.82 Å². The molecule has 2 heterocycles. The minimum Gasteiger partial charge on any atom is -0.329 e. The molecule has 0 saturated carbocycles. The van der Waals surface area contributed by atoms with E-state index in [-0.39, 0.29) is 11.5 Å². The van der Waals surface area contributed by atoms with E-state index in [1.807, 2.05) is 4.57 Å². The molecule has 0 radical (unpaired) electrons. The second-order valence-corrected chi connectivity index (χ2v) is 4.60. The molecule has 98 valence electrons. The number of carbonyl (C=O) groups is 1. The lowest BCUT2D eigenvalue weighted by Crippen LogP contribution is -2.38. The average molecular weight is 260 g/mol. The third kappa shape index (κ3) is 1.99. The second-order valence-electron chi connectivity index (χ2n) is 4.60. The zero-order valence-electron chi connectivity index (χ0n) is 10.5. The van der Waals surface area contributed by atoms with E-state index in [1.54, 1.807) is 30.3 Å². The summed E-state index contributed by atoms with van der Waals surface area (Å²) in [6.07, 6.45) is 1.64. The molecule has 6 heteroatoms. The molecule has 1 amide bonds. The summed E-state index contributed by atoms with van der Waals surface area (Å²) >= 11 is 0. The predicted octanol–water partition coefficient (Wildman–Crippen LogP) is 1.38. The van der Waals surface area contributed by atoms with E-state index in [0.29, 0.717) is 25.2 Å². The number of halogens is 1. The fourth-order valence-electron chi connectivity index (χ4n) is 2.22. The molecule has 3 rings (SSSR count). The Hall–Kier alpha value is -2.24. The summed E-state index contributed by atoms with van der Waals surface area (Å²) in [6.45, 7) is 3.20. The van der Waals surface area contributed by atoms with Crippen LogP contribution in [0.4, 0.5) is 4.39 Å². The highest BCUT2D eigenvalue weighted by atomic mass is 19.1. The average Bonchev–Trinajstić information content (AvgIpc) is 2.88. The van der Waals surface area contributed by atoms with Crippen molar-refractivity contribution >= 4 is 5.91 Å². The third-order valence-corrected chi connectivity index (χ3v) is 3.35. The normalized spacial score (nSPS) is 14.3. The number of amides is 1. The van der Waals surface area contributed by atoms with Gasteiger partial charge in [-0.05, 0) is 18.6 Å². The highest BCUT2D eigenvalue weighted by Crippen LogP contribution is 2.17. The zero-order valence-corrected chi connectivity index (χ0v) is 10.5. The maximum Gasteiger partial charge on any atom is 0.257 e. The Morgan fingerprint density at radius 3 is 3.05 bits per heavy atom. The molecule has 1 aliphatic heterocycles. The van der Waals surface area contributed by atoms with Crippen LogP contribution in [0, 0.1) is 12.7 Å². The van der Waals surface area contributed by atoms with Crippen LogP contribution in [0.25, 0.3) is 0 Å². The highest BCUT2D eigenvalue weighted by Gasteiger charge is 2.25. The first-order valence-corrected chi connectivity index (χ1v) is 6.08. The lowest BCUT2D eigenvalue weighted by molar-refractivity contribution is 0.0702. The first-order chi connectivity index (χ1) is 9.16. The fraction of sp³-hybridized carbons (Fsp3) is 0.308. The predicted molar refractivity (Wildman–Crippen MR) is 65.9 cm³/mol. The number of hydrogen-bond donors (Lipinski definition) is 0. The van der Waals surface area contributed by atoms with Gasteiger partial charge in [-0.2, -0.15) is 0 Å². The van der Waals surface area contributed by atoms with E-state index in [0.717, 1.165) is 5.82 Å². The van der Waals surface area contributed by atoms with Gasteiger partial charge in [0.15, 0.2) is 5.82 Å². The number of fused-ring (bicyclic) bond motifs is 1. The summed E-state index contributed by atoms with van der Waals surface area (Å²) in [7, 11) is 0. The molecule has 0 fully saturated rings. The van der Waals surface area contributed by atoms with E-state index >= 15 is 0 Å². The molecule has 1 aliphatic rings. The van der Waals surface area contributed by atoms with Crippen LogP contribution in [0.1, 0.15) is 21.7 Å². The van der Waals surface area contributed by atoms with Gasteiger partial charge in [0.25, 0.3) is 5.91 Å². The van der Waals surface area contributed by atoms with E-state index in [2.05, 4.69) is 10.2 Å². The van der Waals surface area contributed by atoms with Crippen LogP contribution in [0.2, 0.25) is 0 Å². The summed E-state index contributed by atoms with van der Waals surface area (Å²) in [5.41, 5.74) is 0.596. The molecule has 2 aromatic rings. The monoisotopic (exact) mass is 260 g/mol. The van der Waals surface area contributed by atoms with E-state index in [9.17, 15) is 9.18 Å². The largest absolute Gasteiger partial charge is 0.329 e. The Labute approximate surface area is 109 Å². The number of rotatable bonds is 1. The quantitative estimate of drug-likeness (QED) is 0.778. The zero-order chi connectivity index (χ0) is 13.4. The van der Waals surface area contributed by atoms with Gasteiger partial charge in [-0.15, -0.1) is 10.2 Å². The van der Waals surface area contributed by atoms with Crippen molar-refractivity contribution in [2.45, 2.75) is 20.0 Å². The Kier molecular flexibility index (Phi) is 2.77. The van der Waals surface area contributed by atoms with E-state index in [1.165, 1.54) is 6.07 Å². The number of benzene rings is 1. The SMILES string of the molecule is Cc1cccc(C(=O)N2CCn3cnnc3C2)c1F. The maximum absolute atomic E-state index is 14.0. The number of nitrogens with zero attached hydrogens (tertiary/aromatic N) is 4. The van der Waals surface area contributed by atoms with Gasteiger partial charge in [0.1, 0.15) is 12.1 Å². The fourth-order valence-corrected chi connectivity index (χ4v) is 2.22. The molecule has 0 saturated heterocycles. The number of aryl methyl sites for hydroxylation is 1. The molecule has 0 N–H and O–H groups in total. The molecule has 1 aromatic carbocycles. The van der Waals surface area contributed by atoms with Gasteiger partial charge in [-0.1, -0.05) is 12.1 Å².